The van der Waals surface area contributed by atoms with Crippen molar-refractivity contribution in [3.05, 3.63) is 81.7 Å². The first kappa shape index (κ1) is 20.8. The van der Waals surface area contributed by atoms with Crippen molar-refractivity contribution < 1.29 is 9.53 Å². The van der Waals surface area contributed by atoms with E-state index in [0.29, 0.717) is 23.1 Å². The summed E-state index contributed by atoms with van der Waals surface area (Å²) in [6.45, 7) is 5.63. The Labute approximate surface area is 189 Å². The lowest BCUT2D eigenvalue weighted by atomic mass is 10.1. The third-order valence-electron chi connectivity index (χ3n) is 5.92. The number of esters is 1. The van der Waals surface area contributed by atoms with Gasteiger partial charge in [-0.25, -0.2) is 14.5 Å². The van der Waals surface area contributed by atoms with Crippen LogP contribution >= 0.6 is 0 Å². The van der Waals surface area contributed by atoms with Crippen LogP contribution in [0.3, 0.4) is 0 Å². The molecule has 8 nitrogen and oxygen atoms in total. The van der Waals surface area contributed by atoms with Gasteiger partial charge in [0.25, 0.3) is 5.56 Å². The Morgan fingerprint density at radius 1 is 1.03 bits per heavy atom. The average Bonchev–Trinajstić information content (AvgIpc) is 3.17. The van der Waals surface area contributed by atoms with Crippen LogP contribution in [0, 0.1) is 13.8 Å². The molecule has 5 rings (SSSR count). The Balaban J connectivity index is 1.34. The molecule has 33 heavy (non-hydrogen) atoms. The van der Waals surface area contributed by atoms with Crippen molar-refractivity contribution in [3.8, 4) is 0 Å². The van der Waals surface area contributed by atoms with Crippen LogP contribution < -0.4 is 5.56 Å². The fourth-order valence-corrected chi connectivity index (χ4v) is 4.17. The lowest BCUT2D eigenvalue weighted by Gasteiger charge is -2.14. The highest BCUT2D eigenvalue weighted by Crippen LogP contribution is 2.23. The van der Waals surface area contributed by atoms with E-state index < -0.39 is 6.10 Å². The van der Waals surface area contributed by atoms with Crippen LogP contribution in [-0.4, -0.2) is 30.5 Å². The first-order valence-electron chi connectivity index (χ1n) is 10.8. The largest absolute Gasteiger partial charge is 0.454 e. The highest BCUT2D eigenvalue weighted by atomic mass is 16.5. The number of nitrogens with one attached hydrogen (secondary N) is 1. The number of hydrogen-bond acceptors (Lipinski definition) is 6. The number of fused-ring (bicyclic) bond motifs is 4. The maximum absolute atomic E-state index is 12.6. The van der Waals surface area contributed by atoms with Gasteiger partial charge in [-0.3, -0.25) is 9.59 Å². The van der Waals surface area contributed by atoms with Gasteiger partial charge in [0.05, 0.1) is 16.4 Å². The van der Waals surface area contributed by atoms with Gasteiger partial charge in [-0.05, 0) is 57.0 Å². The van der Waals surface area contributed by atoms with Crippen LogP contribution in [0.25, 0.3) is 27.5 Å². The molecule has 1 unspecified atom stereocenters. The van der Waals surface area contributed by atoms with Crippen LogP contribution in [0.5, 0.6) is 0 Å². The van der Waals surface area contributed by atoms with Gasteiger partial charge in [0.2, 0.25) is 0 Å². The van der Waals surface area contributed by atoms with Crippen molar-refractivity contribution in [1.82, 2.24) is 24.6 Å². The molecule has 0 saturated carbocycles. The number of ether oxygens (including phenoxy) is 1. The molecule has 0 bridgehead atoms. The lowest BCUT2D eigenvalue weighted by molar-refractivity contribution is -0.148. The number of para-hydroxylation sites is 1. The van der Waals surface area contributed by atoms with Gasteiger partial charge in [0.1, 0.15) is 0 Å². The maximum atomic E-state index is 12.6. The van der Waals surface area contributed by atoms with Gasteiger partial charge in [-0.2, -0.15) is 5.10 Å². The van der Waals surface area contributed by atoms with Crippen molar-refractivity contribution in [2.75, 3.05) is 0 Å². The third-order valence-corrected chi connectivity index (χ3v) is 5.92. The van der Waals surface area contributed by atoms with Crippen LogP contribution in [-0.2, 0) is 16.0 Å². The van der Waals surface area contributed by atoms with E-state index >= 15 is 0 Å². The van der Waals surface area contributed by atoms with E-state index in [-0.39, 0.29) is 17.9 Å². The molecule has 1 N–H and O–H groups in total. The standard InChI is InChI=1S/C25H23N5O3/c1-14-17(15(2)30-24(26-14)18-8-4-7-11-21(18)29-30)12-13-22(31)33-16(3)23-27-20-10-6-5-9-19(20)25(32)28-23/h4-11,16H,12-13H2,1-3H3,(H,27,28,32). The average molecular weight is 441 g/mol. The summed E-state index contributed by atoms with van der Waals surface area (Å²) in [5.74, 6) is -0.0476. The molecule has 5 aromatic rings. The highest BCUT2D eigenvalue weighted by molar-refractivity contribution is 5.92. The number of carbonyl (C=O) groups is 1. The van der Waals surface area contributed by atoms with Crippen molar-refractivity contribution in [1.29, 1.82) is 0 Å². The number of aromatic nitrogens is 5. The van der Waals surface area contributed by atoms with Crippen molar-refractivity contribution in [3.63, 3.8) is 0 Å². The second kappa shape index (κ2) is 8.12. The van der Waals surface area contributed by atoms with Gasteiger partial charge in [-0.15, -0.1) is 0 Å². The molecule has 0 aliphatic carbocycles. The van der Waals surface area contributed by atoms with Crippen LogP contribution in [0.15, 0.2) is 53.3 Å². The summed E-state index contributed by atoms with van der Waals surface area (Å²) in [5, 5.41) is 6.16. The Bertz CT molecular complexity index is 1580. The second-order valence-corrected chi connectivity index (χ2v) is 8.11. The normalized spacial score (nSPS) is 12.5. The van der Waals surface area contributed by atoms with E-state index in [4.69, 9.17) is 9.72 Å². The molecular weight excluding hydrogens is 418 g/mol. The SMILES string of the molecule is Cc1nc2c3ccccc3nn2c(C)c1CCC(=O)OC(C)c1nc2ccccc2c(=O)[nH]1. The minimum Gasteiger partial charge on any atom is -0.454 e. The Morgan fingerprint density at radius 2 is 1.73 bits per heavy atom. The zero-order chi connectivity index (χ0) is 23.1. The molecule has 0 spiro atoms. The number of benzene rings is 2. The number of aryl methyl sites for hydroxylation is 2. The molecule has 3 heterocycles. The smallest absolute Gasteiger partial charge is 0.306 e. The van der Waals surface area contributed by atoms with Gasteiger partial charge >= 0.3 is 5.97 Å². The van der Waals surface area contributed by atoms with E-state index in [2.05, 4.69) is 15.1 Å². The van der Waals surface area contributed by atoms with E-state index in [1.807, 2.05) is 48.7 Å². The van der Waals surface area contributed by atoms with E-state index in [1.165, 1.54) is 0 Å². The van der Waals surface area contributed by atoms with Crippen molar-refractivity contribution in [2.45, 2.75) is 39.7 Å². The van der Waals surface area contributed by atoms with E-state index in [9.17, 15) is 9.59 Å². The minimum atomic E-state index is -0.672. The molecule has 2 aromatic carbocycles. The fourth-order valence-electron chi connectivity index (χ4n) is 4.17. The Hall–Kier alpha value is -4.07. The second-order valence-electron chi connectivity index (χ2n) is 8.11. The Kier molecular flexibility index (Phi) is 5.12. The lowest BCUT2D eigenvalue weighted by Crippen LogP contribution is -2.18. The summed E-state index contributed by atoms with van der Waals surface area (Å²) in [7, 11) is 0. The number of carbonyl (C=O) groups excluding carboxylic acids is 1. The predicted molar refractivity (Wildman–Crippen MR) is 125 cm³/mol. The summed E-state index contributed by atoms with van der Waals surface area (Å²) in [6, 6.07) is 15.0. The molecule has 0 saturated heterocycles. The van der Waals surface area contributed by atoms with E-state index in [1.54, 1.807) is 25.1 Å². The quantitative estimate of drug-likeness (QED) is 0.414. The molecule has 3 aromatic heterocycles. The van der Waals surface area contributed by atoms with Crippen molar-refractivity contribution in [2.24, 2.45) is 0 Å². The molecule has 0 amide bonds. The van der Waals surface area contributed by atoms with Crippen LogP contribution in [0.4, 0.5) is 0 Å². The van der Waals surface area contributed by atoms with Crippen LogP contribution in [0.2, 0.25) is 0 Å². The highest BCUT2D eigenvalue weighted by Gasteiger charge is 2.18. The summed E-state index contributed by atoms with van der Waals surface area (Å²) < 4.78 is 7.40. The minimum absolute atomic E-state index is 0.178. The maximum Gasteiger partial charge on any atom is 0.306 e. The monoisotopic (exact) mass is 441 g/mol. The molecule has 0 aliphatic heterocycles. The van der Waals surface area contributed by atoms with Gasteiger partial charge < -0.3 is 9.72 Å². The fraction of sp³-hybridized carbons (Fsp3) is 0.240. The van der Waals surface area contributed by atoms with Gasteiger partial charge in [0, 0.05) is 23.2 Å². The molecule has 0 aliphatic rings. The van der Waals surface area contributed by atoms with Gasteiger partial charge in [-0.1, -0.05) is 24.3 Å². The molecule has 8 heteroatoms. The molecule has 0 radical (unpaired) electrons. The first-order valence-corrected chi connectivity index (χ1v) is 10.8. The number of rotatable bonds is 5. The third kappa shape index (κ3) is 3.73. The van der Waals surface area contributed by atoms with E-state index in [0.717, 1.165) is 33.5 Å². The summed E-state index contributed by atoms with van der Waals surface area (Å²) in [6.07, 6.45) is -0.0176. The number of aromatic amines is 1. The topological polar surface area (TPSA) is 102 Å². The molecule has 166 valence electrons. The number of hydrogen-bond donors (Lipinski definition) is 1. The summed E-state index contributed by atoms with van der Waals surface area (Å²) in [5.41, 5.74) is 4.80. The number of H-pyrrole nitrogens is 1. The summed E-state index contributed by atoms with van der Waals surface area (Å²) in [4.78, 5) is 36.8. The Morgan fingerprint density at radius 3 is 2.52 bits per heavy atom. The number of nitrogens with zero attached hydrogens (tertiary/aromatic N) is 4. The molecule has 0 fully saturated rings. The molecular formula is C25H23N5O3. The summed E-state index contributed by atoms with van der Waals surface area (Å²) >= 11 is 0. The van der Waals surface area contributed by atoms with Gasteiger partial charge in [0.15, 0.2) is 17.6 Å². The first-order chi connectivity index (χ1) is 15.9. The zero-order valence-electron chi connectivity index (χ0n) is 18.6. The van der Waals surface area contributed by atoms with Crippen LogP contribution in [0.1, 0.15) is 42.2 Å². The zero-order valence-corrected chi connectivity index (χ0v) is 18.6. The predicted octanol–water partition coefficient (Wildman–Crippen LogP) is 3.97. The van der Waals surface area contributed by atoms with Crippen molar-refractivity contribution >= 4 is 33.4 Å². The molecule has 1 atom stereocenters.